The van der Waals surface area contributed by atoms with Crippen molar-refractivity contribution in [2.24, 2.45) is 10.4 Å². The fourth-order valence-electron chi connectivity index (χ4n) is 3.49. The molecular weight excluding hydrogens is 441 g/mol. The van der Waals surface area contributed by atoms with Gasteiger partial charge in [0.1, 0.15) is 5.76 Å². The van der Waals surface area contributed by atoms with Crippen molar-refractivity contribution in [2.45, 2.75) is 58.3 Å². The van der Waals surface area contributed by atoms with E-state index >= 15 is 0 Å². The van der Waals surface area contributed by atoms with E-state index in [0.717, 1.165) is 57.2 Å². The normalized spacial score (nSPS) is 16.3. The lowest BCUT2D eigenvalue weighted by molar-refractivity contribution is 0.141. The summed E-state index contributed by atoms with van der Waals surface area (Å²) in [7, 11) is 1.79. The first kappa shape index (κ1) is 23.3. The number of hydrogen-bond acceptors (Lipinski definition) is 3. The van der Waals surface area contributed by atoms with Gasteiger partial charge < -0.3 is 19.8 Å². The largest absolute Gasteiger partial charge is 0.469 e. The van der Waals surface area contributed by atoms with E-state index in [0.29, 0.717) is 5.41 Å². The number of nitrogens with zero attached hydrogens (tertiary/aromatic N) is 1. The minimum atomic E-state index is 0. The van der Waals surface area contributed by atoms with E-state index in [-0.39, 0.29) is 24.0 Å². The van der Waals surface area contributed by atoms with Crippen molar-refractivity contribution in [3.8, 4) is 0 Å². The van der Waals surface area contributed by atoms with Crippen LogP contribution in [-0.2, 0) is 11.2 Å². The van der Waals surface area contributed by atoms with E-state index in [2.05, 4.69) is 17.6 Å². The fourth-order valence-corrected chi connectivity index (χ4v) is 3.49. The molecule has 5 nitrogen and oxygen atoms in total. The van der Waals surface area contributed by atoms with E-state index in [4.69, 9.17) is 14.1 Å². The summed E-state index contributed by atoms with van der Waals surface area (Å²) >= 11 is 0. The summed E-state index contributed by atoms with van der Waals surface area (Å²) < 4.78 is 10.7. The molecule has 0 radical (unpaired) electrons. The van der Waals surface area contributed by atoms with Gasteiger partial charge in [-0.1, -0.05) is 26.2 Å². The molecule has 1 fully saturated rings. The topological polar surface area (TPSA) is 58.8 Å². The van der Waals surface area contributed by atoms with Crippen LogP contribution in [0.15, 0.2) is 27.8 Å². The average molecular weight is 477 g/mol. The van der Waals surface area contributed by atoms with Crippen molar-refractivity contribution in [1.82, 2.24) is 10.6 Å². The van der Waals surface area contributed by atoms with Gasteiger partial charge in [-0.15, -0.1) is 24.0 Å². The molecular formula is C20H36IN3O2. The summed E-state index contributed by atoms with van der Waals surface area (Å²) in [6, 6.07) is 3.95. The Morgan fingerprint density at radius 2 is 2.04 bits per heavy atom. The van der Waals surface area contributed by atoms with Crippen LogP contribution in [0, 0.1) is 5.41 Å². The molecule has 1 aliphatic rings. The Balaban J connectivity index is 0.00000338. The quantitative estimate of drug-likeness (QED) is 0.215. The maximum absolute atomic E-state index is 5.40. The molecule has 0 saturated heterocycles. The highest BCUT2D eigenvalue weighted by Crippen LogP contribution is 2.41. The van der Waals surface area contributed by atoms with Crippen LogP contribution in [0.25, 0.3) is 0 Å². The van der Waals surface area contributed by atoms with Gasteiger partial charge >= 0.3 is 0 Å². The Hall–Kier alpha value is -0.760. The third-order valence-electron chi connectivity index (χ3n) is 5.14. The first-order valence-corrected chi connectivity index (χ1v) is 9.81. The number of rotatable bonds is 11. The molecule has 6 heteroatoms. The van der Waals surface area contributed by atoms with Gasteiger partial charge in [-0.2, -0.15) is 0 Å². The number of guanidine groups is 1. The van der Waals surface area contributed by atoms with Gasteiger partial charge in [0, 0.05) is 39.8 Å². The van der Waals surface area contributed by atoms with Crippen LogP contribution in [-0.4, -0.2) is 39.3 Å². The number of nitrogens with one attached hydrogen (secondary N) is 2. The Bertz CT molecular complexity index is 485. The minimum Gasteiger partial charge on any atom is -0.469 e. The van der Waals surface area contributed by atoms with Gasteiger partial charge in [0.15, 0.2) is 5.96 Å². The van der Waals surface area contributed by atoms with E-state index in [1.807, 2.05) is 12.1 Å². The summed E-state index contributed by atoms with van der Waals surface area (Å²) in [6.07, 6.45) is 11.2. The van der Waals surface area contributed by atoms with Gasteiger partial charge in [-0.05, 0) is 43.2 Å². The Kier molecular flexibility index (Phi) is 12.0. The number of aliphatic imine (C=N–C) groups is 1. The highest BCUT2D eigenvalue weighted by atomic mass is 127. The first-order chi connectivity index (χ1) is 12.3. The molecule has 0 unspecified atom stereocenters. The molecule has 0 aliphatic heterocycles. The van der Waals surface area contributed by atoms with E-state index in [1.54, 1.807) is 13.4 Å². The summed E-state index contributed by atoms with van der Waals surface area (Å²) in [5.41, 5.74) is 0.330. The summed E-state index contributed by atoms with van der Waals surface area (Å²) in [6.45, 7) is 5.73. The summed E-state index contributed by atoms with van der Waals surface area (Å²) in [4.78, 5) is 4.93. The molecule has 0 spiro atoms. The van der Waals surface area contributed by atoms with Crippen LogP contribution < -0.4 is 10.6 Å². The van der Waals surface area contributed by atoms with Crippen LogP contribution >= 0.6 is 24.0 Å². The van der Waals surface area contributed by atoms with Crippen molar-refractivity contribution in [3.05, 3.63) is 24.2 Å². The van der Waals surface area contributed by atoms with E-state index < -0.39 is 0 Å². The van der Waals surface area contributed by atoms with Crippen LogP contribution in [0.4, 0.5) is 0 Å². The number of halogens is 1. The standard InChI is InChI=1S/C20H35N3O2.HI/c1-3-4-13-21-19(22-14-9-18-8-7-15-25-18)23-17-20(12-16-24-2)10-5-6-11-20;/h7-8,15H,3-6,9-14,16-17H2,1-2H3,(H2,21,22,23);1H. The third kappa shape index (κ3) is 8.29. The predicted molar refractivity (Wildman–Crippen MR) is 118 cm³/mol. The number of ether oxygens (including phenoxy) is 1. The molecule has 2 rings (SSSR count). The van der Waals surface area contributed by atoms with Crippen molar-refractivity contribution in [3.63, 3.8) is 0 Å². The SMILES string of the molecule is CCCCNC(=NCC1(CCOC)CCCC1)NCCc1ccco1.I. The van der Waals surface area contributed by atoms with Gasteiger partial charge in [0.25, 0.3) is 0 Å². The number of unbranched alkanes of at least 4 members (excludes halogenated alkanes) is 1. The van der Waals surface area contributed by atoms with Crippen molar-refractivity contribution >= 4 is 29.9 Å². The average Bonchev–Trinajstić information content (AvgIpc) is 3.30. The number of hydrogen-bond donors (Lipinski definition) is 2. The third-order valence-corrected chi connectivity index (χ3v) is 5.14. The second-order valence-corrected chi connectivity index (χ2v) is 7.15. The summed E-state index contributed by atoms with van der Waals surface area (Å²) in [5.74, 6) is 1.94. The maximum atomic E-state index is 5.40. The Labute approximate surface area is 175 Å². The van der Waals surface area contributed by atoms with Gasteiger partial charge in [-0.3, -0.25) is 4.99 Å². The van der Waals surface area contributed by atoms with Crippen molar-refractivity contribution in [2.75, 3.05) is 33.4 Å². The smallest absolute Gasteiger partial charge is 0.191 e. The zero-order chi connectivity index (χ0) is 17.8. The predicted octanol–water partition coefficient (Wildman–Crippen LogP) is 4.37. The maximum Gasteiger partial charge on any atom is 0.191 e. The van der Waals surface area contributed by atoms with Crippen LogP contribution in [0.2, 0.25) is 0 Å². The second kappa shape index (κ2) is 13.4. The molecule has 1 saturated carbocycles. The molecule has 0 aromatic carbocycles. The lowest BCUT2D eigenvalue weighted by Crippen LogP contribution is -2.40. The highest BCUT2D eigenvalue weighted by Gasteiger charge is 2.33. The molecule has 2 N–H and O–H groups in total. The van der Waals surface area contributed by atoms with Crippen molar-refractivity contribution < 1.29 is 9.15 Å². The van der Waals surface area contributed by atoms with Crippen LogP contribution in [0.3, 0.4) is 0 Å². The highest BCUT2D eigenvalue weighted by molar-refractivity contribution is 14.0. The lowest BCUT2D eigenvalue weighted by atomic mass is 9.83. The van der Waals surface area contributed by atoms with Crippen LogP contribution in [0.5, 0.6) is 0 Å². The zero-order valence-electron chi connectivity index (χ0n) is 16.4. The van der Waals surface area contributed by atoms with Gasteiger partial charge in [0.05, 0.1) is 6.26 Å². The first-order valence-electron chi connectivity index (χ1n) is 9.81. The fraction of sp³-hybridized carbons (Fsp3) is 0.750. The van der Waals surface area contributed by atoms with Gasteiger partial charge in [-0.25, -0.2) is 0 Å². The van der Waals surface area contributed by atoms with Crippen molar-refractivity contribution in [1.29, 1.82) is 0 Å². The zero-order valence-corrected chi connectivity index (χ0v) is 18.7. The molecule has 0 amide bonds. The molecule has 1 heterocycles. The Morgan fingerprint density at radius 1 is 1.27 bits per heavy atom. The number of furan rings is 1. The molecule has 1 aromatic rings. The molecule has 26 heavy (non-hydrogen) atoms. The van der Waals surface area contributed by atoms with Crippen LogP contribution in [0.1, 0.15) is 57.6 Å². The monoisotopic (exact) mass is 477 g/mol. The Morgan fingerprint density at radius 3 is 2.69 bits per heavy atom. The minimum absolute atomic E-state index is 0. The summed E-state index contributed by atoms with van der Waals surface area (Å²) in [5, 5.41) is 6.94. The molecule has 1 aliphatic carbocycles. The molecule has 150 valence electrons. The molecule has 1 aromatic heterocycles. The molecule has 0 bridgehead atoms. The van der Waals surface area contributed by atoms with Gasteiger partial charge in [0.2, 0.25) is 0 Å². The van der Waals surface area contributed by atoms with E-state index in [1.165, 1.54) is 32.1 Å². The second-order valence-electron chi connectivity index (χ2n) is 7.15. The van der Waals surface area contributed by atoms with E-state index in [9.17, 15) is 0 Å². The molecule has 0 atom stereocenters. The lowest BCUT2D eigenvalue weighted by Gasteiger charge is -2.27. The number of methoxy groups -OCH3 is 1.